The molecular weight excluding hydrogens is 254 g/mol. The highest BCUT2D eigenvalue weighted by Gasteiger charge is 2.15. The van der Waals surface area contributed by atoms with E-state index in [1.54, 1.807) is 0 Å². The fraction of sp³-hybridized carbons (Fsp3) is 0.562. The third-order valence-electron chi connectivity index (χ3n) is 2.82. The Hall–Kier alpha value is -1.71. The summed E-state index contributed by atoms with van der Waals surface area (Å²) in [6.45, 7) is 12.5. The van der Waals surface area contributed by atoms with E-state index in [0.717, 1.165) is 11.3 Å². The van der Waals surface area contributed by atoms with Crippen LogP contribution in [0.1, 0.15) is 37.5 Å². The fourth-order valence-electron chi connectivity index (χ4n) is 1.72. The lowest BCUT2D eigenvalue weighted by Crippen LogP contribution is -2.34. The fourth-order valence-corrected chi connectivity index (χ4v) is 1.72. The molecule has 1 aromatic rings. The summed E-state index contributed by atoms with van der Waals surface area (Å²) in [4.78, 5) is 11.4. The molecule has 0 atom stereocenters. The summed E-state index contributed by atoms with van der Waals surface area (Å²) in [6, 6.07) is 4.13. The van der Waals surface area contributed by atoms with E-state index < -0.39 is 11.7 Å². The quantitative estimate of drug-likeness (QED) is 0.858. The summed E-state index contributed by atoms with van der Waals surface area (Å²) >= 11 is 0. The number of carbonyl (C=O) groups excluding carboxylic acids is 1. The molecule has 1 aromatic carbocycles. The van der Waals surface area contributed by atoms with Crippen molar-refractivity contribution in [3.63, 3.8) is 0 Å². The molecule has 0 saturated heterocycles. The number of hydrogen-bond donors (Lipinski definition) is 1. The van der Waals surface area contributed by atoms with E-state index in [-0.39, 0.29) is 0 Å². The Bertz CT molecular complexity index is 475. The number of alkyl carbamates (subject to hydrolysis) is 1. The van der Waals surface area contributed by atoms with Crippen LogP contribution in [0, 0.1) is 20.8 Å². The standard InChI is InChI=1S/C16H25NO3/c1-11-9-13(3)14(10-12(11)2)19-8-7-17-15(18)20-16(4,5)6/h9-10H,7-8H2,1-6H3,(H,17,18). The highest BCUT2D eigenvalue weighted by Crippen LogP contribution is 2.22. The lowest BCUT2D eigenvalue weighted by atomic mass is 10.1. The topological polar surface area (TPSA) is 47.6 Å². The number of carbonyl (C=O) groups is 1. The number of rotatable bonds is 4. The monoisotopic (exact) mass is 279 g/mol. The maximum atomic E-state index is 11.4. The molecule has 0 aliphatic heterocycles. The Morgan fingerprint density at radius 1 is 1.10 bits per heavy atom. The first kappa shape index (κ1) is 16.3. The molecule has 4 heteroatoms. The molecule has 0 bridgehead atoms. The highest BCUT2D eigenvalue weighted by atomic mass is 16.6. The van der Waals surface area contributed by atoms with Crippen molar-refractivity contribution in [2.24, 2.45) is 0 Å². The van der Waals surface area contributed by atoms with Crippen LogP contribution in [0.4, 0.5) is 4.79 Å². The number of benzene rings is 1. The minimum atomic E-state index is -0.477. The average molecular weight is 279 g/mol. The first-order chi connectivity index (χ1) is 9.19. The van der Waals surface area contributed by atoms with Crippen LogP contribution in [0.5, 0.6) is 5.75 Å². The van der Waals surface area contributed by atoms with Crippen LogP contribution in [0.2, 0.25) is 0 Å². The summed E-state index contributed by atoms with van der Waals surface area (Å²) < 4.78 is 10.8. The number of nitrogens with one attached hydrogen (secondary N) is 1. The summed E-state index contributed by atoms with van der Waals surface area (Å²) in [5, 5.41) is 2.67. The zero-order chi connectivity index (χ0) is 15.3. The molecule has 0 aliphatic carbocycles. The molecule has 0 unspecified atom stereocenters. The Morgan fingerprint density at radius 3 is 2.30 bits per heavy atom. The lowest BCUT2D eigenvalue weighted by molar-refractivity contribution is 0.0520. The second-order valence-corrected chi connectivity index (χ2v) is 5.98. The summed E-state index contributed by atoms with van der Waals surface area (Å²) in [6.07, 6.45) is -0.419. The molecule has 0 heterocycles. The summed E-state index contributed by atoms with van der Waals surface area (Å²) in [7, 11) is 0. The van der Waals surface area contributed by atoms with E-state index in [4.69, 9.17) is 9.47 Å². The normalized spacial score (nSPS) is 11.1. The number of ether oxygens (including phenoxy) is 2. The Kier molecular flexibility index (Phi) is 5.43. The van der Waals surface area contributed by atoms with Crippen LogP contribution >= 0.6 is 0 Å². The van der Waals surface area contributed by atoms with Gasteiger partial charge in [-0.15, -0.1) is 0 Å². The van der Waals surface area contributed by atoms with Crippen molar-refractivity contribution in [3.05, 3.63) is 28.8 Å². The molecule has 0 spiro atoms. The van der Waals surface area contributed by atoms with E-state index in [0.29, 0.717) is 13.2 Å². The van der Waals surface area contributed by atoms with Gasteiger partial charge in [-0.25, -0.2) is 4.79 Å². The Labute approximate surface area is 121 Å². The molecule has 1 amide bonds. The maximum Gasteiger partial charge on any atom is 0.407 e. The van der Waals surface area contributed by atoms with Gasteiger partial charge in [0.2, 0.25) is 0 Å². The third-order valence-corrected chi connectivity index (χ3v) is 2.82. The van der Waals surface area contributed by atoms with E-state index >= 15 is 0 Å². The predicted molar refractivity (Wildman–Crippen MR) is 80.4 cm³/mol. The van der Waals surface area contributed by atoms with Gasteiger partial charge in [0.1, 0.15) is 18.0 Å². The molecule has 112 valence electrons. The van der Waals surface area contributed by atoms with E-state index in [1.165, 1.54) is 11.1 Å². The number of amides is 1. The van der Waals surface area contributed by atoms with Crippen molar-refractivity contribution < 1.29 is 14.3 Å². The van der Waals surface area contributed by atoms with E-state index in [9.17, 15) is 4.79 Å². The molecule has 1 N–H and O–H groups in total. The van der Waals surface area contributed by atoms with Gasteiger partial charge in [-0.05, 0) is 64.3 Å². The maximum absolute atomic E-state index is 11.4. The largest absolute Gasteiger partial charge is 0.491 e. The van der Waals surface area contributed by atoms with Crippen LogP contribution in [-0.2, 0) is 4.74 Å². The Balaban J connectivity index is 2.38. The molecule has 0 aliphatic rings. The third kappa shape index (κ3) is 5.51. The van der Waals surface area contributed by atoms with Crippen molar-refractivity contribution >= 4 is 6.09 Å². The van der Waals surface area contributed by atoms with Crippen LogP contribution in [0.25, 0.3) is 0 Å². The predicted octanol–water partition coefficient (Wildman–Crippen LogP) is 3.52. The first-order valence-corrected chi connectivity index (χ1v) is 6.86. The summed E-state index contributed by atoms with van der Waals surface area (Å²) in [5.41, 5.74) is 3.08. The minimum Gasteiger partial charge on any atom is -0.491 e. The first-order valence-electron chi connectivity index (χ1n) is 6.86. The van der Waals surface area contributed by atoms with Gasteiger partial charge in [0, 0.05) is 0 Å². The van der Waals surface area contributed by atoms with E-state index in [1.807, 2.05) is 33.8 Å². The second kappa shape index (κ2) is 6.64. The molecule has 20 heavy (non-hydrogen) atoms. The molecule has 0 fully saturated rings. The van der Waals surface area contributed by atoms with Crippen molar-refractivity contribution in [2.75, 3.05) is 13.2 Å². The molecule has 0 radical (unpaired) electrons. The average Bonchev–Trinajstić information content (AvgIpc) is 2.28. The van der Waals surface area contributed by atoms with Gasteiger partial charge in [-0.3, -0.25) is 0 Å². The van der Waals surface area contributed by atoms with Crippen molar-refractivity contribution in [3.8, 4) is 5.75 Å². The van der Waals surface area contributed by atoms with E-state index in [2.05, 4.69) is 25.2 Å². The number of aryl methyl sites for hydroxylation is 3. The second-order valence-electron chi connectivity index (χ2n) is 5.98. The van der Waals surface area contributed by atoms with Gasteiger partial charge >= 0.3 is 6.09 Å². The van der Waals surface area contributed by atoms with Crippen LogP contribution in [0.15, 0.2) is 12.1 Å². The minimum absolute atomic E-state index is 0.418. The Morgan fingerprint density at radius 2 is 1.70 bits per heavy atom. The molecular formula is C16H25NO3. The van der Waals surface area contributed by atoms with Crippen molar-refractivity contribution in [1.82, 2.24) is 5.32 Å². The molecule has 0 aromatic heterocycles. The highest BCUT2D eigenvalue weighted by molar-refractivity contribution is 5.67. The molecule has 0 saturated carbocycles. The zero-order valence-electron chi connectivity index (χ0n) is 13.3. The molecule has 4 nitrogen and oxygen atoms in total. The van der Waals surface area contributed by atoms with Gasteiger partial charge < -0.3 is 14.8 Å². The summed E-state index contributed by atoms with van der Waals surface area (Å²) in [5.74, 6) is 0.860. The zero-order valence-corrected chi connectivity index (χ0v) is 13.3. The van der Waals surface area contributed by atoms with Gasteiger partial charge in [0.15, 0.2) is 0 Å². The smallest absolute Gasteiger partial charge is 0.407 e. The van der Waals surface area contributed by atoms with Gasteiger partial charge in [-0.1, -0.05) is 6.07 Å². The van der Waals surface area contributed by atoms with Crippen LogP contribution in [-0.4, -0.2) is 24.8 Å². The van der Waals surface area contributed by atoms with Gasteiger partial charge in [0.05, 0.1) is 6.54 Å². The lowest BCUT2D eigenvalue weighted by Gasteiger charge is -2.19. The SMILES string of the molecule is Cc1cc(C)c(OCCNC(=O)OC(C)(C)C)cc1C. The van der Waals surface area contributed by atoms with Crippen molar-refractivity contribution in [2.45, 2.75) is 47.1 Å². The number of hydrogen-bond acceptors (Lipinski definition) is 3. The molecule has 1 rings (SSSR count). The van der Waals surface area contributed by atoms with Crippen LogP contribution in [0.3, 0.4) is 0 Å². The van der Waals surface area contributed by atoms with Crippen LogP contribution < -0.4 is 10.1 Å². The van der Waals surface area contributed by atoms with Crippen molar-refractivity contribution in [1.29, 1.82) is 0 Å². The van der Waals surface area contributed by atoms with Gasteiger partial charge in [0.25, 0.3) is 0 Å². The van der Waals surface area contributed by atoms with Gasteiger partial charge in [-0.2, -0.15) is 0 Å².